The number of benzene rings is 2. The SMILES string of the molecule is Cc1cccc(C(=O)N[C@@H](C(=O)N2CCC3(CC2)C(=O)N(C)CN3c2ccccc2)C2CCCCC2)c1F. The van der Waals surface area contributed by atoms with Gasteiger partial charge in [-0.15, -0.1) is 0 Å². The van der Waals surface area contributed by atoms with Gasteiger partial charge in [-0.3, -0.25) is 14.4 Å². The third-order valence-corrected chi connectivity index (χ3v) is 8.70. The van der Waals surface area contributed by atoms with Crippen molar-refractivity contribution in [2.24, 2.45) is 5.92 Å². The van der Waals surface area contributed by atoms with Crippen molar-refractivity contribution in [1.82, 2.24) is 15.1 Å². The predicted molar refractivity (Wildman–Crippen MR) is 144 cm³/mol. The summed E-state index contributed by atoms with van der Waals surface area (Å²) in [7, 11) is 1.82. The Labute approximate surface area is 224 Å². The Morgan fingerprint density at radius 1 is 1.00 bits per heavy atom. The third kappa shape index (κ3) is 4.76. The second-order valence-electron chi connectivity index (χ2n) is 11.1. The van der Waals surface area contributed by atoms with Gasteiger partial charge in [0, 0.05) is 25.8 Å². The van der Waals surface area contributed by atoms with Crippen LogP contribution in [0.1, 0.15) is 60.9 Å². The average Bonchev–Trinajstić information content (AvgIpc) is 3.19. The zero-order valence-corrected chi connectivity index (χ0v) is 22.3. The molecule has 202 valence electrons. The van der Waals surface area contributed by atoms with E-state index in [0.717, 1.165) is 37.8 Å². The molecule has 5 rings (SSSR count). The minimum absolute atomic E-state index is 0.0176. The molecule has 3 amide bonds. The number of amides is 3. The predicted octanol–water partition coefficient (Wildman–Crippen LogP) is 4.11. The molecule has 0 aromatic heterocycles. The van der Waals surface area contributed by atoms with Crippen molar-refractivity contribution in [3.05, 3.63) is 65.5 Å². The maximum absolute atomic E-state index is 14.7. The number of halogens is 1. The normalized spacial score (nSPS) is 20.6. The Bertz CT molecular complexity index is 1190. The number of carbonyl (C=O) groups excluding carboxylic acids is 3. The Balaban J connectivity index is 1.34. The van der Waals surface area contributed by atoms with Crippen LogP contribution >= 0.6 is 0 Å². The highest BCUT2D eigenvalue weighted by atomic mass is 19.1. The van der Waals surface area contributed by atoms with Gasteiger partial charge in [0.05, 0.1) is 12.2 Å². The maximum Gasteiger partial charge on any atom is 0.254 e. The maximum atomic E-state index is 14.7. The summed E-state index contributed by atoms with van der Waals surface area (Å²) >= 11 is 0. The highest BCUT2D eigenvalue weighted by molar-refractivity contribution is 5.98. The number of nitrogens with one attached hydrogen (secondary N) is 1. The lowest BCUT2D eigenvalue weighted by Crippen LogP contribution is -2.60. The zero-order valence-electron chi connectivity index (χ0n) is 22.3. The fourth-order valence-electron chi connectivity index (χ4n) is 6.49. The number of anilines is 1. The molecule has 1 aliphatic carbocycles. The van der Waals surface area contributed by atoms with Gasteiger partial charge in [0.15, 0.2) is 0 Å². The van der Waals surface area contributed by atoms with Crippen LogP contribution in [0.2, 0.25) is 0 Å². The van der Waals surface area contributed by atoms with Crippen LogP contribution in [0.4, 0.5) is 10.1 Å². The molecule has 0 bridgehead atoms. The molecular weight excluding hydrogens is 483 g/mol. The van der Waals surface area contributed by atoms with Crippen molar-refractivity contribution >= 4 is 23.4 Å². The van der Waals surface area contributed by atoms with Crippen LogP contribution in [0, 0.1) is 18.7 Å². The first kappa shape index (κ1) is 26.2. The third-order valence-electron chi connectivity index (χ3n) is 8.70. The summed E-state index contributed by atoms with van der Waals surface area (Å²) in [6.45, 7) is 3.00. The fraction of sp³-hybridized carbons (Fsp3) is 0.500. The number of likely N-dealkylation sites (tertiary alicyclic amines) is 1. The van der Waals surface area contributed by atoms with E-state index in [1.807, 2.05) is 37.4 Å². The molecule has 0 radical (unpaired) electrons. The van der Waals surface area contributed by atoms with E-state index in [9.17, 15) is 18.8 Å². The topological polar surface area (TPSA) is 73.0 Å². The van der Waals surface area contributed by atoms with Gasteiger partial charge in [-0.25, -0.2) is 4.39 Å². The van der Waals surface area contributed by atoms with E-state index < -0.39 is 23.3 Å². The molecule has 1 saturated carbocycles. The Kier molecular flexibility index (Phi) is 7.41. The number of piperidine rings is 1. The van der Waals surface area contributed by atoms with Crippen molar-refractivity contribution < 1.29 is 18.8 Å². The minimum atomic E-state index is -0.705. The molecule has 3 fully saturated rings. The van der Waals surface area contributed by atoms with Crippen LogP contribution in [0.3, 0.4) is 0 Å². The summed E-state index contributed by atoms with van der Waals surface area (Å²) in [6, 6.07) is 14.0. The molecule has 7 nitrogen and oxygen atoms in total. The van der Waals surface area contributed by atoms with Crippen LogP contribution in [-0.4, -0.2) is 65.9 Å². The zero-order chi connectivity index (χ0) is 26.9. The Hall–Kier alpha value is -3.42. The number of carbonyl (C=O) groups is 3. The van der Waals surface area contributed by atoms with Crippen molar-refractivity contribution in [3.63, 3.8) is 0 Å². The number of nitrogens with zero attached hydrogens (tertiary/aromatic N) is 3. The quantitative estimate of drug-likeness (QED) is 0.644. The van der Waals surface area contributed by atoms with Crippen LogP contribution in [0.5, 0.6) is 0 Å². The van der Waals surface area contributed by atoms with E-state index in [1.54, 1.807) is 28.9 Å². The fourth-order valence-corrected chi connectivity index (χ4v) is 6.49. The van der Waals surface area contributed by atoms with Gasteiger partial charge >= 0.3 is 0 Å². The van der Waals surface area contributed by atoms with Crippen LogP contribution in [0.25, 0.3) is 0 Å². The van der Waals surface area contributed by atoms with E-state index >= 15 is 0 Å². The Morgan fingerprint density at radius 3 is 2.37 bits per heavy atom. The molecule has 0 unspecified atom stereocenters. The van der Waals surface area contributed by atoms with Gasteiger partial charge in [-0.1, -0.05) is 49.6 Å². The molecular formula is C30H37FN4O3. The van der Waals surface area contributed by atoms with E-state index in [1.165, 1.54) is 6.07 Å². The number of para-hydroxylation sites is 1. The summed E-state index contributed by atoms with van der Waals surface area (Å²) in [6.07, 6.45) is 5.90. The summed E-state index contributed by atoms with van der Waals surface area (Å²) in [5, 5.41) is 2.92. The monoisotopic (exact) mass is 520 g/mol. The van der Waals surface area contributed by atoms with Crippen molar-refractivity contribution in [1.29, 1.82) is 0 Å². The van der Waals surface area contributed by atoms with Crippen molar-refractivity contribution in [2.75, 3.05) is 31.7 Å². The standard InChI is InChI=1S/C30H37FN4O3/c1-21-10-9-15-24(25(21)31)27(36)32-26(22-11-5-3-6-12-22)28(37)34-18-16-30(17-19-34)29(38)33(2)20-35(30)23-13-7-4-8-14-23/h4,7-10,13-15,22,26H,3,5-6,11-12,16-20H2,1-2H3,(H,32,36)/t26-/m1/s1. The molecule has 38 heavy (non-hydrogen) atoms. The first-order valence-corrected chi connectivity index (χ1v) is 13.7. The number of rotatable bonds is 5. The molecule has 1 atom stereocenters. The molecule has 1 N–H and O–H groups in total. The number of aryl methyl sites for hydroxylation is 1. The lowest BCUT2D eigenvalue weighted by atomic mass is 9.81. The number of hydrogen-bond donors (Lipinski definition) is 1. The summed E-state index contributed by atoms with van der Waals surface area (Å²) in [5.41, 5.74) is 0.682. The summed E-state index contributed by atoms with van der Waals surface area (Å²) in [4.78, 5) is 46.2. The first-order chi connectivity index (χ1) is 18.3. The van der Waals surface area contributed by atoms with Gasteiger partial charge in [0.2, 0.25) is 11.8 Å². The van der Waals surface area contributed by atoms with Crippen molar-refractivity contribution in [2.45, 2.75) is 63.5 Å². The summed E-state index contributed by atoms with van der Waals surface area (Å²) < 4.78 is 14.7. The molecule has 1 spiro atoms. The molecule has 3 aliphatic rings. The minimum Gasteiger partial charge on any atom is -0.341 e. The highest BCUT2D eigenvalue weighted by Crippen LogP contribution is 2.39. The van der Waals surface area contributed by atoms with E-state index in [2.05, 4.69) is 10.2 Å². The smallest absolute Gasteiger partial charge is 0.254 e. The largest absolute Gasteiger partial charge is 0.341 e. The molecule has 2 aromatic carbocycles. The average molecular weight is 521 g/mol. The lowest BCUT2D eigenvalue weighted by Gasteiger charge is -2.44. The van der Waals surface area contributed by atoms with Crippen LogP contribution < -0.4 is 10.2 Å². The molecule has 2 aliphatic heterocycles. The van der Waals surface area contributed by atoms with Gasteiger partial charge in [-0.2, -0.15) is 0 Å². The van der Waals surface area contributed by atoms with E-state index in [-0.39, 0.29) is 23.3 Å². The van der Waals surface area contributed by atoms with Crippen LogP contribution in [0.15, 0.2) is 48.5 Å². The molecule has 2 heterocycles. The lowest BCUT2D eigenvalue weighted by molar-refractivity contribution is -0.140. The van der Waals surface area contributed by atoms with Crippen molar-refractivity contribution in [3.8, 4) is 0 Å². The van der Waals surface area contributed by atoms with Gasteiger partial charge < -0.3 is 20.0 Å². The molecule has 2 saturated heterocycles. The van der Waals surface area contributed by atoms with Gasteiger partial charge in [0.25, 0.3) is 5.91 Å². The first-order valence-electron chi connectivity index (χ1n) is 13.7. The number of hydrogen-bond acceptors (Lipinski definition) is 4. The molecule has 8 heteroatoms. The highest BCUT2D eigenvalue weighted by Gasteiger charge is 2.53. The van der Waals surface area contributed by atoms with Gasteiger partial charge in [0.1, 0.15) is 17.4 Å². The second kappa shape index (κ2) is 10.8. The number of likely N-dealkylation sites (N-methyl/N-ethyl adjacent to an activating group) is 1. The molecule has 2 aromatic rings. The van der Waals surface area contributed by atoms with E-state index in [4.69, 9.17) is 0 Å². The van der Waals surface area contributed by atoms with E-state index in [0.29, 0.717) is 38.2 Å². The van der Waals surface area contributed by atoms with Crippen LogP contribution in [-0.2, 0) is 9.59 Å². The second-order valence-corrected chi connectivity index (χ2v) is 11.1. The van der Waals surface area contributed by atoms with Gasteiger partial charge in [-0.05, 0) is 62.3 Å². The summed E-state index contributed by atoms with van der Waals surface area (Å²) in [5.74, 6) is -1.13. The Morgan fingerprint density at radius 2 is 1.68 bits per heavy atom.